The molecule has 2 aromatic rings. The number of alkyl halides is 6. The van der Waals surface area contributed by atoms with Crippen molar-refractivity contribution in [3.05, 3.63) is 70.8 Å². The SMILES string of the molecule is C[C@@H](OC[C@@]1(c2ccccc2)CC[C@@]2(N)CC(=O)CN1C2)c1cc(C(F)(F)F)cc(C(F)(F)F)c1. The lowest BCUT2D eigenvalue weighted by Crippen LogP contribution is -2.68. The highest BCUT2D eigenvalue weighted by Gasteiger charge is 2.51. The van der Waals surface area contributed by atoms with Gasteiger partial charge in [0.25, 0.3) is 0 Å². The molecule has 2 aliphatic rings. The predicted octanol–water partition coefficient (Wildman–Crippen LogP) is 5.46. The molecule has 2 heterocycles. The van der Waals surface area contributed by atoms with Crippen LogP contribution in [0.5, 0.6) is 0 Å². The Balaban J connectivity index is 1.66. The Morgan fingerprint density at radius 3 is 2.17 bits per heavy atom. The first kappa shape index (κ1) is 25.7. The van der Waals surface area contributed by atoms with E-state index in [0.29, 0.717) is 31.5 Å². The summed E-state index contributed by atoms with van der Waals surface area (Å²) in [4.78, 5) is 14.4. The molecule has 2 fully saturated rings. The van der Waals surface area contributed by atoms with Gasteiger partial charge in [-0.1, -0.05) is 30.3 Å². The molecule has 0 aliphatic carbocycles. The summed E-state index contributed by atoms with van der Waals surface area (Å²) >= 11 is 0. The second kappa shape index (κ2) is 8.90. The van der Waals surface area contributed by atoms with Crippen LogP contribution in [0.3, 0.4) is 0 Å². The molecule has 4 rings (SSSR count). The van der Waals surface area contributed by atoms with Gasteiger partial charge in [-0.25, -0.2) is 0 Å². The Morgan fingerprint density at radius 2 is 1.60 bits per heavy atom. The number of carbonyl (C=O) groups is 1. The van der Waals surface area contributed by atoms with E-state index in [2.05, 4.69) is 0 Å². The van der Waals surface area contributed by atoms with E-state index in [0.717, 1.165) is 5.56 Å². The van der Waals surface area contributed by atoms with E-state index in [1.54, 1.807) is 0 Å². The number of carbonyl (C=O) groups excluding carboxylic acids is 1. The van der Waals surface area contributed by atoms with E-state index >= 15 is 0 Å². The Bertz CT molecular complexity index is 1060. The summed E-state index contributed by atoms with van der Waals surface area (Å²) in [6, 6.07) is 10.7. The van der Waals surface area contributed by atoms with Gasteiger partial charge in [0.05, 0.1) is 35.9 Å². The predicted molar refractivity (Wildman–Crippen MR) is 116 cm³/mol. The quantitative estimate of drug-likeness (QED) is 0.554. The summed E-state index contributed by atoms with van der Waals surface area (Å²) in [7, 11) is 0. The molecule has 0 aromatic heterocycles. The van der Waals surface area contributed by atoms with Crippen molar-refractivity contribution in [1.82, 2.24) is 4.90 Å². The van der Waals surface area contributed by atoms with Gasteiger partial charge in [0.2, 0.25) is 0 Å². The third-order valence-corrected chi connectivity index (χ3v) is 7.03. The fraction of sp³-hybridized carbons (Fsp3) is 0.480. The van der Waals surface area contributed by atoms with E-state index in [9.17, 15) is 31.1 Å². The van der Waals surface area contributed by atoms with Crippen LogP contribution in [0, 0.1) is 0 Å². The minimum absolute atomic E-state index is 0.0144. The van der Waals surface area contributed by atoms with Crippen LogP contribution in [-0.2, 0) is 27.4 Å². The Kier molecular flexibility index (Phi) is 6.53. The van der Waals surface area contributed by atoms with Gasteiger partial charge in [-0.3, -0.25) is 9.69 Å². The molecule has 0 saturated carbocycles. The zero-order valence-electron chi connectivity index (χ0n) is 19.0. The second-order valence-electron chi connectivity index (χ2n) is 9.62. The smallest absolute Gasteiger partial charge is 0.372 e. The molecular formula is C25H26F6N2O2. The first-order chi connectivity index (χ1) is 16.2. The monoisotopic (exact) mass is 500 g/mol. The minimum atomic E-state index is -4.94. The molecule has 10 heteroatoms. The molecule has 2 N–H and O–H groups in total. The molecular weight excluding hydrogens is 474 g/mol. The lowest BCUT2D eigenvalue weighted by atomic mass is 9.71. The molecule has 35 heavy (non-hydrogen) atoms. The minimum Gasteiger partial charge on any atom is -0.372 e. The van der Waals surface area contributed by atoms with Crippen LogP contribution >= 0.6 is 0 Å². The summed E-state index contributed by atoms with van der Waals surface area (Å²) in [5, 5.41) is 0. The van der Waals surface area contributed by atoms with E-state index in [-0.39, 0.29) is 37.0 Å². The maximum absolute atomic E-state index is 13.3. The van der Waals surface area contributed by atoms with Gasteiger partial charge < -0.3 is 10.5 Å². The number of piperidine rings is 2. The lowest BCUT2D eigenvalue weighted by Gasteiger charge is -2.55. The number of ketones is 1. The molecule has 4 nitrogen and oxygen atoms in total. The number of hydrogen-bond donors (Lipinski definition) is 1. The molecule has 2 saturated heterocycles. The van der Waals surface area contributed by atoms with E-state index in [1.807, 2.05) is 35.2 Å². The highest BCUT2D eigenvalue weighted by Crippen LogP contribution is 2.45. The van der Waals surface area contributed by atoms with Gasteiger partial charge >= 0.3 is 12.4 Å². The number of rotatable bonds is 5. The number of benzene rings is 2. The number of Topliss-reactive ketones (excluding diaryl/α,β-unsaturated/α-hetero) is 1. The molecule has 0 radical (unpaired) electrons. The molecule has 2 aromatic carbocycles. The van der Waals surface area contributed by atoms with Crippen molar-refractivity contribution in [3.8, 4) is 0 Å². The van der Waals surface area contributed by atoms with Crippen LogP contribution in [-0.4, -0.2) is 35.9 Å². The van der Waals surface area contributed by atoms with Gasteiger partial charge in [0, 0.05) is 18.5 Å². The molecule has 0 spiro atoms. The lowest BCUT2D eigenvalue weighted by molar-refractivity contribution is -0.143. The number of ether oxygens (including phenoxy) is 1. The normalized spacial score (nSPS) is 28.1. The van der Waals surface area contributed by atoms with Crippen molar-refractivity contribution < 1.29 is 35.9 Å². The zero-order valence-corrected chi connectivity index (χ0v) is 19.0. The summed E-state index contributed by atoms with van der Waals surface area (Å²) in [5.74, 6) is -0.0144. The van der Waals surface area contributed by atoms with Gasteiger partial charge in [-0.15, -0.1) is 0 Å². The average Bonchev–Trinajstić information content (AvgIpc) is 2.77. The van der Waals surface area contributed by atoms with Crippen LogP contribution in [0.15, 0.2) is 48.5 Å². The Hall–Kier alpha value is -2.43. The zero-order chi connectivity index (χ0) is 25.6. The van der Waals surface area contributed by atoms with Gasteiger partial charge in [-0.05, 0) is 49.1 Å². The van der Waals surface area contributed by atoms with Crippen LogP contribution < -0.4 is 5.73 Å². The maximum atomic E-state index is 13.3. The largest absolute Gasteiger partial charge is 0.416 e. The number of fused-ring (bicyclic) bond motifs is 2. The summed E-state index contributed by atoms with van der Waals surface area (Å²) < 4.78 is 85.9. The fourth-order valence-electron chi connectivity index (χ4n) is 5.13. The number of halogens is 6. The van der Waals surface area contributed by atoms with Crippen molar-refractivity contribution in [2.75, 3.05) is 19.7 Å². The first-order valence-electron chi connectivity index (χ1n) is 11.2. The van der Waals surface area contributed by atoms with Crippen molar-refractivity contribution in [3.63, 3.8) is 0 Å². The maximum Gasteiger partial charge on any atom is 0.416 e. The number of nitrogens with zero attached hydrogens (tertiary/aromatic N) is 1. The van der Waals surface area contributed by atoms with Crippen LogP contribution in [0.1, 0.15) is 54.5 Å². The van der Waals surface area contributed by atoms with Gasteiger partial charge in [0.15, 0.2) is 0 Å². The van der Waals surface area contributed by atoms with Crippen molar-refractivity contribution in [2.45, 2.75) is 55.7 Å². The standard InChI is InChI=1S/C25H26F6N2O2/c1-16(17-9-19(24(26,27)28)11-20(10-17)25(29,30)31)35-15-23(18-5-3-2-4-6-18)8-7-22(32)12-21(34)13-33(23)14-22/h2-6,9-11,16H,7-8,12-15,32H2,1H3/t16-,22-,23-/m1/s1. The summed E-state index contributed by atoms with van der Waals surface area (Å²) in [6.45, 7) is 1.98. The number of hydrogen-bond acceptors (Lipinski definition) is 4. The van der Waals surface area contributed by atoms with Crippen LogP contribution in [0.25, 0.3) is 0 Å². The second-order valence-corrected chi connectivity index (χ2v) is 9.62. The van der Waals surface area contributed by atoms with Gasteiger partial charge in [0.1, 0.15) is 5.78 Å². The van der Waals surface area contributed by atoms with E-state index in [1.165, 1.54) is 6.92 Å². The first-order valence-corrected chi connectivity index (χ1v) is 11.2. The molecule has 2 bridgehead atoms. The van der Waals surface area contributed by atoms with E-state index in [4.69, 9.17) is 10.5 Å². The summed E-state index contributed by atoms with van der Waals surface area (Å²) in [6.07, 6.45) is -9.61. The molecule has 4 atom stereocenters. The van der Waals surface area contributed by atoms with Gasteiger partial charge in [-0.2, -0.15) is 26.3 Å². The topological polar surface area (TPSA) is 55.6 Å². The fourth-order valence-corrected chi connectivity index (χ4v) is 5.13. The van der Waals surface area contributed by atoms with Crippen LogP contribution in [0.4, 0.5) is 26.3 Å². The Morgan fingerprint density at radius 1 is 1.00 bits per heavy atom. The molecule has 190 valence electrons. The van der Waals surface area contributed by atoms with Crippen molar-refractivity contribution in [1.29, 1.82) is 0 Å². The highest BCUT2D eigenvalue weighted by molar-refractivity contribution is 5.83. The third-order valence-electron chi connectivity index (χ3n) is 7.03. The third kappa shape index (κ3) is 5.24. The summed E-state index contributed by atoms with van der Waals surface area (Å²) in [5.41, 5.74) is 2.83. The number of nitrogens with two attached hydrogens (primary N) is 1. The van der Waals surface area contributed by atoms with Crippen molar-refractivity contribution in [2.24, 2.45) is 5.73 Å². The average molecular weight is 500 g/mol. The molecule has 1 unspecified atom stereocenters. The molecule has 0 amide bonds. The molecule has 2 aliphatic heterocycles. The Labute approximate surface area is 199 Å². The van der Waals surface area contributed by atoms with Crippen molar-refractivity contribution >= 4 is 5.78 Å². The van der Waals surface area contributed by atoms with E-state index < -0.39 is 40.7 Å². The van der Waals surface area contributed by atoms with Crippen LogP contribution in [0.2, 0.25) is 0 Å². The highest BCUT2D eigenvalue weighted by atomic mass is 19.4.